The van der Waals surface area contributed by atoms with Crippen LogP contribution in [0.4, 0.5) is 0 Å². The summed E-state index contributed by atoms with van der Waals surface area (Å²) in [6.45, 7) is 13.8. The van der Waals surface area contributed by atoms with Gasteiger partial charge in [0.15, 0.2) is 0 Å². The van der Waals surface area contributed by atoms with E-state index in [0.717, 1.165) is 5.56 Å². The highest BCUT2D eigenvalue weighted by Gasteiger charge is 2.75. The number of nitrogens with zero attached hydrogens (tertiary/aromatic N) is 2. The molecule has 3 amide bonds. The van der Waals surface area contributed by atoms with Crippen molar-refractivity contribution in [2.45, 2.75) is 102 Å². The molecule has 3 aliphatic rings. The number of hydrogen-bond donors (Lipinski definition) is 2. The Hall–Kier alpha value is -3.50. The number of hydrogen-bond acceptors (Lipinski definition) is 7. The third-order valence-electron chi connectivity index (χ3n) is 9.39. The fourth-order valence-electron chi connectivity index (χ4n) is 7.30. The second-order valence-electron chi connectivity index (χ2n) is 12.7. The first-order valence-corrected chi connectivity index (χ1v) is 16.3. The van der Waals surface area contributed by atoms with Crippen molar-refractivity contribution < 1.29 is 33.8 Å². The number of fused-ring (bicyclic) bond motifs is 1. The molecule has 3 heterocycles. The van der Waals surface area contributed by atoms with Gasteiger partial charge in [0.2, 0.25) is 17.7 Å². The molecule has 0 unspecified atom stereocenters. The van der Waals surface area contributed by atoms with Crippen LogP contribution in [0.3, 0.4) is 0 Å². The summed E-state index contributed by atoms with van der Waals surface area (Å²) in [6.07, 6.45) is 5.70. The minimum atomic E-state index is -1.14. The van der Waals surface area contributed by atoms with Gasteiger partial charge in [0.05, 0.1) is 24.0 Å². The van der Waals surface area contributed by atoms with E-state index in [-0.39, 0.29) is 36.8 Å². The van der Waals surface area contributed by atoms with E-state index in [2.05, 4.69) is 18.5 Å². The van der Waals surface area contributed by atoms with Gasteiger partial charge >= 0.3 is 5.97 Å². The summed E-state index contributed by atoms with van der Waals surface area (Å²) in [7, 11) is 0. The monoisotopic (exact) mass is 623 g/mol. The first kappa shape index (κ1) is 34.4. The van der Waals surface area contributed by atoms with E-state index >= 15 is 0 Å². The van der Waals surface area contributed by atoms with Crippen LogP contribution in [-0.2, 0) is 28.7 Å². The van der Waals surface area contributed by atoms with E-state index in [1.54, 1.807) is 28.9 Å². The van der Waals surface area contributed by atoms with Crippen LogP contribution in [0, 0.1) is 11.8 Å². The van der Waals surface area contributed by atoms with E-state index in [1.165, 1.54) is 0 Å². The number of aliphatic hydroxyl groups excluding tert-OH is 1. The highest BCUT2D eigenvalue weighted by atomic mass is 16.6. The van der Waals surface area contributed by atoms with Crippen molar-refractivity contribution in [3.63, 3.8) is 0 Å². The van der Waals surface area contributed by atoms with Gasteiger partial charge in [-0.05, 0) is 64.9 Å². The molecule has 1 spiro atoms. The zero-order valence-electron chi connectivity index (χ0n) is 26.9. The lowest BCUT2D eigenvalue weighted by Crippen LogP contribution is -2.57. The molecule has 0 aliphatic carbocycles. The molecule has 246 valence electrons. The normalized spacial score (nSPS) is 26.3. The molecule has 0 radical (unpaired) electrons. The maximum atomic E-state index is 14.3. The lowest BCUT2D eigenvalue weighted by Gasteiger charge is -2.38. The number of rotatable bonds is 17. The fraction of sp³-hybridized carbons (Fsp3) is 0.600. The maximum Gasteiger partial charge on any atom is 0.313 e. The van der Waals surface area contributed by atoms with Crippen molar-refractivity contribution >= 4 is 23.7 Å². The first-order chi connectivity index (χ1) is 21.6. The Balaban J connectivity index is 1.64. The number of nitrogens with one attached hydrogen (secondary N) is 1. The molecule has 2 N–H and O–H groups in total. The van der Waals surface area contributed by atoms with Crippen LogP contribution in [0.15, 0.2) is 55.6 Å². The summed E-state index contributed by atoms with van der Waals surface area (Å²) >= 11 is 0. The summed E-state index contributed by atoms with van der Waals surface area (Å²) in [4.78, 5) is 58.6. The zero-order valence-corrected chi connectivity index (χ0v) is 26.9. The first-order valence-electron chi connectivity index (χ1n) is 16.3. The average molecular weight is 624 g/mol. The minimum Gasteiger partial charge on any atom is -0.455 e. The molecule has 2 bridgehead atoms. The number of aliphatic hydroxyl groups is 1. The Morgan fingerprint density at radius 1 is 1.16 bits per heavy atom. The van der Waals surface area contributed by atoms with Crippen LogP contribution in [0.5, 0.6) is 0 Å². The Morgan fingerprint density at radius 3 is 2.53 bits per heavy atom. The number of allylic oxidation sites excluding steroid dienone is 1. The third-order valence-corrected chi connectivity index (χ3v) is 9.39. The molecular weight excluding hydrogens is 574 g/mol. The number of unbranched alkanes of at least 4 members (excludes halogenated alkanes) is 2. The number of likely N-dealkylation sites (tertiary alicyclic amines) is 1. The van der Waals surface area contributed by atoms with E-state index < -0.39 is 47.7 Å². The molecule has 1 aromatic carbocycles. The van der Waals surface area contributed by atoms with E-state index in [9.17, 15) is 24.3 Å². The molecule has 45 heavy (non-hydrogen) atoms. The molecule has 3 fully saturated rings. The van der Waals surface area contributed by atoms with Gasteiger partial charge in [-0.15, -0.1) is 13.2 Å². The molecule has 10 heteroatoms. The summed E-state index contributed by atoms with van der Waals surface area (Å²) in [5, 5.41) is 12.2. The number of carbonyl (C=O) groups excluding carboxylic acids is 4. The average Bonchev–Trinajstić information content (AvgIpc) is 3.66. The Morgan fingerprint density at radius 2 is 1.89 bits per heavy atom. The number of amides is 3. The highest BCUT2D eigenvalue weighted by Crippen LogP contribution is 2.59. The predicted molar refractivity (Wildman–Crippen MR) is 170 cm³/mol. The summed E-state index contributed by atoms with van der Waals surface area (Å²) in [6, 6.07) is 7.67. The molecule has 10 nitrogen and oxygen atoms in total. The van der Waals surface area contributed by atoms with Crippen molar-refractivity contribution in [3.05, 3.63) is 61.2 Å². The minimum absolute atomic E-state index is 0.0533. The molecule has 1 aromatic rings. The lowest BCUT2D eigenvalue weighted by molar-refractivity contribution is -0.162. The second-order valence-corrected chi connectivity index (χ2v) is 12.7. The molecule has 4 rings (SSSR count). The van der Waals surface area contributed by atoms with Gasteiger partial charge in [0.1, 0.15) is 17.7 Å². The van der Waals surface area contributed by atoms with Crippen molar-refractivity contribution in [3.8, 4) is 0 Å². The standard InChI is InChI=1S/C35H49N3O7/c1-6-8-17-27(40)36-24(5)30(25-15-11-9-12-16-25)44-34(43)28-26-18-19-35(45-26)29(28)32(41)38(21-13-10-14-22-39)31(35)33(42)37(20-7-2)23(3)4/h6-7,9,11-12,15-16,23-24,26,28-31,39H,1-2,8,10,13-14,17-22H2,3-5H3,(H,36,40)/t24-,26-,28+,29+,30-,31-,35+/m1/s1. The van der Waals surface area contributed by atoms with Crippen LogP contribution in [0.2, 0.25) is 0 Å². The quantitative estimate of drug-likeness (QED) is 0.154. The molecule has 0 saturated carbocycles. The molecule has 3 aliphatic heterocycles. The van der Waals surface area contributed by atoms with E-state index in [4.69, 9.17) is 9.47 Å². The molecular formula is C35H49N3O7. The zero-order chi connectivity index (χ0) is 32.7. The van der Waals surface area contributed by atoms with Gasteiger partial charge in [-0.25, -0.2) is 0 Å². The van der Waals surface area contributed by atoms with E-state index in [0.29, 0.717) is 51.6 Å². The van der Waals surface area contributed by atoms with Gasteiger partial charge in [-0.3, -0.25) is 19.2 Å². The van der Waals surface area contributed by atoms with E-state index in [1.807, 2.05) is 44.2 Å². The Bertz CT molecular complexity index is 1240. The SMILES string of the molecule is C=CCCC(=O)N[C@H](C)[C@@H](OC(=O)[C@@H]1[C@H]2C(=O)N(CCCCCO)[C@H](C(=O)N(CC=C)C(C)C)[C@]23CC[C@H]1O3)c1ccccc1. The number of esters is 1. The fourth-order valence-corrected chi connectivity index (χ4v) is 7.30. The van der Waals surface area contributed by atoms with Crippen LogP contribution in [0.25, 0.3) is 0 Å². The summed E-state index contributed by atoms with van der Waals surface area (Å²) in [5.74, 6) is -2.98. The topological polar surface area (TPSA) is 125 Å². The van der Waals surface area contributed by atoms with Gasteiger partial charge in [-0.2, -0.15) is 0 Å². The predicted octanol–water partition coefficient (Wildman–Crippen LogP) is 3.70. The van der Waals surface area contributed by atoms with Gasteiger partial charge in [0.25, 0.3) is 0 Å². The highest BCUT2D eigenvalue weighted by molar-refractivity contribution is 5.98. The molecule has 3 saturated heterocycles. The van der Waals surface area contributed by atoms with Crippen LogP contribution >= 0.6 is 0 Å². The van der Waals surface area contributed by atoms with Crippen molar-refractivity contribution in [1.29, 1.82) is 0 Å². The lowest BCUT2D eigenvalue weighted by atomic mass is 9.70. The van der Waals surface area contributed by atoms with Crippen molar-refractivity contribution in [2.75, 3.05) is 19.7 Å². The summed E-state index contributed by atoms with van der Waals surface area (Å²) < 4.78 is 12.8. The number of carbonyl (C=O) groups is 4. The van der Waals surface area contributed by atoms with Crippen LogP contribution in [-0.4, -0.2) is 88.1 Å². The maximum absolute atomic E-state index is 14.3. The van der Waals surface area contributed by atoms with Crippen LogP contribution < -0.4 is 5.32 Å². The summed E-state index contributed by atoms with van der Waals surface area (Å²) in [5.41, 5.74) is -0.421. The smallest absolute Gasteiger partial charge is 0.313 e. The van der Waals surface area contributed by atoms with Gasteiger partial charge in [0, 0.05) is 32.2 Å². The Kier molecular flexibility index (Phi) is 11.6. The molecule has 0 aromatic heterocycles. The van der Waals surface area contributed by atoms with Gasteiger partial charge in [-0.1, -0.05) is 42.5 Å². The largest absolute Gasteiger partial charge is 0.455 e. The number of ether oxygens (including phenoxy) is 2. The van der Waals surface area contributed by atoms with Gasteiger partial charge < -0.3 is 29.7 Å². The molecule has 7 atom stereocenters. The van der Waals surface area contributed by atoms with Crippen molar-refractivity contribution in [1.82, 2.24) is 15.1 Å². The van der Waals surface area contributed by atoms with Crippen LogP contribution in [0.1, 0.15) is 77.4 Å². The second kappa shape index (κ2) is 15.2. The van der Waals surface area contributed by atoms with Crippen molar-refractivity contribution in [2.24, 2.45) is 11.8 Å². The number of benzene rings is 1. The Labute approximate surface area is 266 Å². The third kappa shape index (κ3) is 7.02.